The van der Waals surface area contributed by atoms with Gasteiger partial charge in [0, 0.05) is 6.54 Å². The summed E-state index contributed by atoms with van der Waals surface area (Å²) in [7, 11) is -2.41. The maximum atomic E-state index is 13.4. The van der Waals surface area contributed by atoms with Crippen molar-refractivity contribution in [3.63, 3.8) is 0 Å². The first-order chi connectivity index (χ1) is 14.8. The topological polar surface area (TPSA) is 75.7 Å². The molecule has 0 heterocycles. The second kappa shape index (κ2) is 9.66. The number of ether oxygens (including phenoxy) is 1. The van der Waals surface area contributed by atoms with Gasteiger partial charge in [0.15, 0.2) is 0 Å². The van der Waals surface area contributed by atoms with Gasteiger partial charge in [0.05, 0.1) is 17.7 Å². The molecule has 0 spiro atoms. The van der Waals surface area contributed by atoms with Crippen molar-refractivity contribution in [2.24, 2.45) is 0 Å². The first-order valence-corrected chi connectivity index (χ1v) is 11.3. The van der Waals surface area contributed by atoms with E-state index in [-0.39, 0.29) is 11.4 Å². The summed E-state index contributed by atoms with van der Waals surface area (Å²) in [6, 6.07) is 20.9. The Morgan fingerprint density at radius 1 is 0.935 bits per heavy atom. The number of carbonyl (C=O) groups is 1. The molecular weight excluding hydrogens is 412 g/mol. The fourth-order valence-corrected chi connectivity index (χ4v) is 4.51. The van der Waals surface area contributed by atoms with Crippen molar-refractivity contribution >= 4 is 21.6 Å². The van der Waals surface area contributed by atoms with E-state index in [4.69, 9.17) is 4.74 Å². The highest BCUT2D eigenvalue weighted by Gasteiger charge is 2.27. The molecule has 0 aromatic heterocycles. The molecule has 3 rings (SSSR count). The molecular formula is C24H26N2O4S. The molecule has 7 heteroatoms. The number of carbonyl (C=O) groups excluding carboxylic acids is 1. The Morgan fingerprint density at radius 3 is 2.19 bits per heavy atom. The van der Waals surface area contributed by atoms with E-state index in [1.54, 1.807) is 48.5 Å². The highest BCUT2D eigenvalue weighted by atomic mass is 32.2. The summed E-state index contributed by atoms with van der Waals surface area (Å²) in [6.45, 7) is 3.84. The molecule has 1 amide bonds. The van der Waals surface area contributed by atoms with Crippen LogP contribution in [0.5, 0.6) is 5.75 Å². The molecule has 1 N–H and O–H groups in total. The number of amides is 1. The van der Waals surface area contributed by atoms with Crippen molar-refractivity contribution in [3.05, 3.63) is 89.5 Å². The summed E-state index contributed by atoms with van der Waals surface area (Å²) in [4.78, 5) is 12.9. The number of sulfonamides is 1. The highest BCUT2D eigenvalue weighted by molar-refractivity contribution is 7.92. The zero-order valence-corrected chi connectivity index (χ0v) is 18.6. The van der Waals surface area contributed by atoms with Crippen LogP contribution in [0.3, 0.4) is 0 Å². The molecule has 0 aliphatic heterocycles. The molecule has 0 fully saturated rings. The van der Waals surface area contributed by atoms with Gasteiger partial charge in [0.1, 0.15) is 12.3 Å². The van der Waals surface area contributed by atoms with Gasteiger partial charge < -0.3 is 10.1 Å². The number of methoxy groups -OCH3 is 1. The monoisotopic (exact) mass is 438 g/mol. The summed E-state index contributed by atoms with van der Waals surface area (Å²) in [5.41, 5.74) is 3.37. The molecule has 0 unspecified atom stereocenters. The lowest BCUT2D eigenvalue weighted by atomic mass is 10.1. The van der Waals surface area contributed by atoms with Gasteiger partial charge in [0.25, 0.3) is 10.0 Å². The molecule has 0 saturated heterocycles. The lowest BCUT2D eigenvalue weighted by Gasteiger charge is -2.24. The average molecular weight is 439 g/mol. The van der Waals surface area contributed by atoms with Crippen molar-refractivity contribution in [1.82, 2.24) is 5.32 Å². The second-order valence-corrected chi connectivity index (χ2v) is 9.09. The Labute approximate surface area is 183 Å². The van der Waals surface area contributed by atoms with Crippen LogP contribution in [0, 0.1) is 13.8 Å². The van der Waals surface area contributed by atoms with Gasteiger partial charge in [-0.05, 0) is 61.4 Å². The minimum absolute atomic E-state index is 0.126. The maximum Gasteiger partial charge on any atom is 0.264 e. The third kappa shape index (κ3) is 5.44. The predicted octanol–water partition coefficient (Wildman–Crippen LogP) is 3.82. The van der Waals surface area contributed by atoms with E-state index in [0.717, 1.165) is 21.0 Å². The van der Waals surface area contributed by atoms with E-state index in [2.05, 4.69) is 5.32 Å². The molecule has 162 valence electrons. The SMILES string of the molecule is COc1ccc(N(CC(=O)NCc2ccccc2C)S(=O)(=O)c2ccc(C)cc2)cc1. The zero-order chi connectivity index (χ0) is 22.4. The fourth-order valence-electron chi connectivity index (χ4n) is 3.09. The van der Waals surface area contributed by atoms with Gasteiger partial charge in [-0.15, -0.1) is 0 Å². The Morgan fingerprint density at radius 2 is 1.58 bits per heavy atom. The fraction of sp³-hybridized carbons (Fsp3) is 0.208. The lowest BCUT2D eigenvalue weighted by Crippen LogP contribution is -2.40. The van der Waals surface area contributed by atoms with Crippen LogP contribution < -0.4 is 14.4 Å². The van der Waals surface area contributed by atoms with Crippen LogP contribution in [-0.2, 0) is 21.4 Å². The van der Waals surface area contributed by atoms with E-state index >= 15 is 0 Å². The van der Waals surface area contributed by atoms with Crippen LogP contribution in [0.1, 0.15) is 16.7 Å². The Hall–Kier alpha value is -3.32. The van der Waals surface area contributed by atoms with Gasteiger partial charge in [-0.1, -0.05) is 42.0 Å². The maximum absolute atomic E-state index is 13.4. The number of anilines is 1. The van der Waals surface area contributed by atoms with E-state index < -0.39 is 15.9 Å². The summed E-state index contributed by atoms with van der Waals surface area (Å²) in [5, 5.41) is 2.83. The number of benzene rings is 3. The first kappa shape index (κ1) is 22.4. The quantitative estimate of drug-likeness (QED) is 0.580. The molecule has 0 radical (unpaired) electrons. The van der Waals surface area contributed by atoms with E-state index in [1.165, 1.54) is 7.11 Å². The number of hydrogen-bond donors (Lipinski definition) is 1. The summed E-state index contributed by atoms with van der Waals surface area (Å²) >= 11 is 0. The van der Waals surface area contributed by atoms with Gasteiger partial charge in [-0.25, -0.2) is 8.42 Å². The van der Waals surface area contributed by atoms with Crippen LogP contribution in [0.4, 0.5) is 5.69 Å². The van der Waals surface area contributed by atoms with Crippen molar-refractivity contribution < 1.29 is 17.9 Å². The smallest absolute Gasteiger partial charge is 0.264 e. The molecule has 0 saturated carbocycles. The van der Waals surface area contributed by atoms with Crippen molar-refractivity contribution in [1.29, 1.82) is 0 Å². The molecule has 0 atom stereocenters. The van der Waals surface area contributed by atoms with Crippen LogP contribution in [0.15, 0.2) is 77.7 Å². The largest absolute Gasteiger partial charge is 0.497 e. The van der Waals surface area contributed by atoms with Gasteiger partial charge >= 0.3 is 0 Å². The van der Waals surface area contributed by atoms with Crippen LogP contribution >= 0.6 is 0 Å². The van der Waals surface area contributed by atoms with Gasteiger partial charge in [0.2, 0.25) is 5.91 Å². The molecule has 0 aliphatic rings. The van der Waals surface area contributed by atoms with E-state index in [0.29, 0.717) is 18.0 Å². The number of hydrogen-bond acceptors (Lipinski definition) is 4. The molecule has 3 aromatic carbocycles. The minimum Gasteiger partial charge on any atom is -0.497 e. The lowest BCUT2D eigenvalue weighted by molar-refractivity contribution is -0.119. The first-order valence-electron chi connectivity index (χ1n) is 9.86. The Balaban J connectivity index is 1.87. The average Bonchev–Trinajstić information content (AvgIpc) is 2.77. The normalized spacial score (nSPS) is 11.1. The van der Waals surface area contributed by atoms with Crippen LogP contribution in [0.25, 0.3) is 0 Å². The Bertz CT molecular complexity index is 1140. The van der Waals surface area contributed by atoms with E-state index in [1.807, 2.05) is 38.1 Å². The molecule has 31 heavy (non-hydrogen) atoms. The van der Waals surface area contributed by atoms with Gasteiger partial charge in [-0.3, -0.25) is 9.10 Å². The van der Waals surface area contributed by atoms with Crippen molar-refractivity contribution in [2.75, 3.05) is 18.0 Å². The Kier molecular flexibility index (Phi) is 6.97. The van der Waals surface area contributed by atoms with Crippen LogP contribution in [0.2, 0.25) is 0 Å². The van der Waals surface area contributed by atoms with E-state index in [9.17, 15) is 13.2 Å². The summed E-state index contributed by atoms with van der Waals surface area (Å²) in [6.07, 6.45) is 0. The van der Waals surface area contributed by atoms with Crippen LogP contribution in [-0.4, -0.2) is 28.0 Å². The highest BCUT2D eigenvalue weighted by Crippen LogP contribution is 2.26. The second-order valence-electron chi connectivity index (χ2n) is 7.23. The predicted molar refractivity (Wildman–Crippen MR) is 122 cm³/mol. The molecule has 0 aliphatic carbocycles. The minimum atomic E-state index is -3.94. The molecule has 0 bridgehead atoms. The zero-order valence-electron chi connectivity index (χ0n) is 17.8. The van der Waals surface area contributed by atoms with Crippen molar-refractivity contribution in [3.8, 4) is 5.75 Å². The third-order valence-corrected chi connectivity index (χ3v) is 6.78. The van der Waals surface area contributed by atoms with Crippen molar-refractivity contribution in [2.45, 2.75) is 25.3 Å². The van der Waals surface area contributed by atoms with Gasteiger partial charge in [-0.2, -0.15) is 0 Å². The molecule has 6 nitrogen and oxygen atoms in total. The number of nitrogens with one attached hydrogen (secondary N) is 1. The number of rotatable bonds is 8. The number of aryl methyl sites for hydroxylation is 2. The number of nitrogens with zero attached hydrogens (tertiary/aromatic N) is 1. The third-order valence-electron chi connectivity index (χ3n) is 4.99. The summed E-state index contributed by atoms with van der Waals surface area (Å²) in [5.74, 6) is 0.204. The standard InChI is InChI=1S/C24H26N2O4S/c1-18-8-14-23(15-9-18)31(28,29)26(21-10-12-22(30-3)13-11-21)17-24(27)25-16-20-7-5-4-6-19(20)2/h4-15H,16-17H2,1-3H3,(H,25,27). The molecule has 3 aromatic rings. The summed E-state index contributed by atoms with van der Waals surface area (Å²) < 4.78 is 33.0.